The van der Waals surface area contributed by atoms with E-state index in [0.717, 1.165) is 6.04 Å². The molecule has 0 amide bonds. The molecule has 3 heterocycles. The number of ether oxygens (including phenoxy) is 1. The van der Waals surface area contributed by atoms with Crippen molar-refractivity contribution in [1.82, 2.24) is 14.8 Å². The van der Waals surface area contributed by atoms with Gasteiger partial charge in [0.05, 0.1) is 29.7 Å². The Hall–Kier alpha value is -2.45. The smallest absolute Gasteiger partial charge is 0.192 e. The van der Waals surface area contributed by atoms with Crippen LogP contribution in [0, 0.1) is 11.6 Å². The van der Waals surface area contributed by atoms with E-state index in [1.54, 1.807) is 10.7 Å². The second-order valence-electron chi connectivity index (χ2n) is 12.8. The number of rotatable bonds is 9. The van der Waals surface area contributed by atoms with Crippen LogP contribution in [0.3, 0.4) is 0 Å². The van der Waals surface area contributed by atoms with Crippen LogP contribution in [0.25, 0.3) is 11.3 Å². The topological polar surface area (TPSA) is 73.6 Å². The lowest BCUT2D eigenvalue weighted by Gasteiger charge is -2.35. The molecule has 1 N–H and O–H groups in total. The fourth-order valence-electron chi connectivity index (χ4n) is 3.91. The Bertz CT molecular complexity index is 1410. The number of fused-ring (bicyclic) bond motifs is 3. The first kappa shape index (κ1) is 30.5. The van der Waals surface area contributed by atoms with Crippen LogP contribution in [-0.2, 0) is 22.5 Å². The molecule has 2 aromatic heterocycles. The lowest BCUT2D eigenvalue weighted by atomic mass is 10.1. The number of aromatic nitrogens is 3. The summed E-state index contributed by atoms with van der Waals surface area (Å²) in [7, 11) is -3.46. The molecule has 0 saturated heterocycles. The zero-order valence-electron chi connectivity index (χ0n) is 24.5. The molecule has 0 unspecified atom stereocenters. The summed E-state index contributed by atoms with van der Waals surface area (Å²) < 4.78 is 44.3. The highest BCUT2D eigenvalue weighted by atomic mass is 35.5. The van der Waals surface area contributed by atoms with E-state index in [0.29, 0.717) is 34.9 Å². The SMILES string of the molecule is CC(C)(C)[Si](C)(C)OCc1nn(COCC[Si](C)(C)C)c2c1N=C(c1c(F)cccc1F)Nc1cnc(Cl)cc1-2. The van der Waals surface area contributed by atoms with Gasteiger partial charge in [-0.15, -0.1) is 0 Å². The lowest BCUT2D eigenvalue weighted by Crippen LogP contribution is -2.40. The molecule has 3 aromatic rings. The molecular formula is C28H38ClF2N5O2Si2. The predicted molar refractivity (Wildman–Crippen MR) is 163 cm³/mol. The Morgan fingerprint density at radius 3 is 2.38 bits per heavy atom. The van der Waals surface area contributed by atoms with Crippen molar-refractivity contribution in [3.05, 3.63) is 58.5 Å². The van der Waals surface area contributed by atoms with Crippen molar-refractivity contribution in [2.45, 2.75) is 77.9 Å². The number of halogens is 3. The highest BCUT2D eigenvalue weighted by molar-refractivity contribution is 6.76. The van der Waals surface area contributed by atoms with Crippen molar-refractivity contribution in [3.8, 4) is 11.3 Å². The van der Waals surface area contributed by atoms with Gasteiger partial charge in [0.2, 0.25) is 0 Å². The van der Waals surface area contributed by atoms with E-state index >= 15 is 0 Å². The minimum Gasteiger partial charge on any atom is -0.411 e. The number of anilines is 1. The normalized spacial score (nSPS) is 13.8. The fraction of sp³-hybridized carbons (Fsp3) is 0.464. The predicted octanol–water partition coefficient (Wildman–Crippen LogP) is 8.21. The largest absolute Gasteiger partial charge is 0.411 e. The number of hydrogen-bond acceptors (Lipinski definition) is 6. The Morgan fingerprint density at radius 1 is 1.07 bits per heavy atom. The number of hydrogen-bond donors (Lipinski definition) is 1. The van der Waals surface area contributed by atoms with Crippen molar-refractivity contribution in [3.63, 3.8) is 0 Å². The second kappa shape index (κ2) is 11.4. The van der Waals surface area contributed by atoms with Crippen LogP contribution in [0.1, 0.15) is 32.0 Å². The third kappa shape index (κ3) is 6.71. The van der Waals surface area contributed by atoms with Crippen LogP contribution in [0.4, 0.5) is 20.2 Å². The van der Waals surface area contributed by atoms with Gasteiger partial charge in [-0.25, -0.2) is 23.4 Å². The molecule has 0 atom stereocenters. The van der Waals surface area contributed by atoms with Crippen molar-refractivity contribution in [2.24, 2.45) is 4.99 Å². The number of nitrogens with zero attached hydrogens (tertiary/aromatic N) is 4. The molecule has 0 saturated carbocycles. The molecule has 1 aromatic carbocycles. The number of benzene rings is 1. The van der Waals surface area contributed by atoms with E-state index in [9.17, 15) is 8.78 Å². The number of pyridine rings is 1. The molecule has 4 rings (SSSR count). The van der Waals surface area contributed by atoms with Gasteiger partial charge in [0, 0.05) is 20.2 Å². The molecule has 0 aliphatic carbocycles. The fourth-order valence-corrected chi connectivity index (χ4v) is 5.75. The minimum atomic E-state index is -2.16. The molecule has 0 bridgehead atoms. The number of nitrogens with one attached hydrogen (secondary N) is 1. The van der Waals surface area contributed by atoms with Gasteiger partial charge in [0.1, 0.15) is 40.7 Å². The van der Waals surface area contributed by atoms with Gasteiger partial charge < -0.3 is 14.5 Å². The second-order valence-corrected chi connectivity index (χ2v) is 23.6. The molecule has 0 spiro atoms. The Labute approximate surface area is 242 Å². The lowest BCUT2D eigenvalue weighted by molar-refractivity contribution is 0.0791. The van der Waals surface area contributed by atoms with Crippen molar-refractivity contribution in [2.75, 3.05) is 11.9 Å². The van der Waals surface area contributed by atoms with E-state index in [4.69, 9.17) is 30.9 Å². The Morgan fingerprint density at radius 2 is 1.75 bits per heavy atom. The molecule has 1 aliphatic rings. The molecule has 40 heavy (non-hydrogen) atoms. The molecular weight excluding hydrogens is 568 g/mol. The van der Waals surface area contributed by atoms with Crippen molar-refractivity contribution < 1.29 is 17.9 Å². The zero-order valence-corrected chi connectivity index (χ0v) is 27.2. The average Bonchev–Trinajstić information content (AvgIpc) is 3.07. The van der Waals surface area contributed by atoms with E-state index in [1.165, 1.54) is 24.4 Å². The molecule has 1 aliphatic heterocycles. The van der Waals surface area contributed by atoms with Crippen LogP contribution in [0.2, 0.25) is 49.0 Å². The highest BCUT2D eigenvalue weighted by Crippen LogP contribution is 2.43. The summed E-state index contributed by atoms with van der Waals surface area (Å²) in [6, 6.07) is 6.41. The van der Waals surface area contributed by atoms with Gasteiger partial charge in [-0.3, -0.25) is 0 Å². The Balaban J connectivity index is 1.88. The standard InChI is InChI=1S/C28H38ClF2N5O2Si2/c1-28(2,3)40(7,8)38-16-22-25-26(36(35-22)17-37-12-13-39(4,5)6)18-14-23(29)32-15-21(18)33-27(34-25)24-19(30)10-9-11-20(24)31/h9-11,14-15H,12-13,16-17H2,1-8H3,(H,33,34). The van der Waals surface area contributed by atoms with Crippen LogP contribution in [0.5, 0.6) is 0 Å². The maximum Gasteiger partial charge on any atom is 0.192 e. The summed E-state index contributed by atoms with van der Waals surface area (Å²) in [6.07, 6.45) is 1.52. The number of aliphatic imine (C=N–C) groups is 1. The first-order chi connectivity index (χ1) is 18.6. The van der Waals surface area contributed by atoms with E-state index in [-0.39, 0.29) is 34.9 Å². The first-order valence-corrected chi connectivity index (χ1v) is 20.3. The quantitative estimate of drug-likeness (QED) is 0.151. The van der Waals surface area contributed by atoms with Crippen LogP contribution >= 0.6 is 11.6 Å². The monoisotopic (exact) mass is 605 g/mol. The summed E-state index contributed by atoms with van der Waals surface area (Å²) >= 11 is 6.34. The average molecular weight is 606 g/mol. The first-order valence-electron chi connectivity index (χ1n) is 13.3. The minimum absolute atomic E-state index is 0.00694. The highest BCUT2D eigenvalue weighted by Gasteiger charge is 2.38. The van der Waals surface area contributed by atoms with Gasteiger partial charge in [0.25, 0.3) is 0 Å². The van der Waals surface area contributed by atoms with E-state index in [1.807, 2.05) is 0 Å². The van der Waals surface area contributed by atoms with Gasteiger partial charge in [-0.05, 0) is 42.4 Å². The summed E-state index contributed by atoms with van der Waals surface area (Å²) in [6.45, 7) is 18.6. The van der Waals surface area contributed by atoms with Crippen LogP contribution in [0.15, 0.2) is 35.5 Å². The Kier molecular flexibility index (Phi) is 8.73. The molecule has 216 valence electrons. The maximum atomic E-state index is 15.0. The summed E-state index contributed by atoms with van der Waals surface area (Å²) in [5, 5.41) is 8.20. The molecule has 7 nitrogen and oxygen atoms in total. The molecule has 0 radical (unpaired) electrons. The number of amidine groups is 1. The van der Waals surface area contributed by atoms with E-state index < -0.39 is 28.0 Å². The molecule has 0 fully saturated rings. The van der Waals surface area contributed by atoms with Crippen molar-refractivity contribution in [1.29, 1.82) is 0 Å². The van der Waals surface area contributed by atoms with Gasteiger partial charge in [-0.2, -0.15) is 5.10 Å². The van der Waals surface area contributed by atoms with Gasteiger partial charge in [-0.1, -0.05) is 58.1 Å². The third-order valence-electron chi connectivity index (χ3n) is 7.39. The molecule has 12 heteroatoms. The van der Waals surface area contributed by atoms with Crippen molar-refractivity contribution >= 4 is 45.2 Å². The summed E-state index contributed by atoms with van der Waals surface area (Å²) in [5.74, 6) is -1.47. The van der Waals surface area contributed by atoms with Crippen LogP contribution in [-0.4, -0.2) is 43.6 Å². The van der Waals surface area contributed by atoms with Gasteiger partial charge in [0.15, 0.2) is 8.32 Å². The third-order valence-corrected chi connectivity index (χ3v) is 13.8. The summed E-state index contributed by atoms with van der Waals surface area (Å²) in [5.41, 5.74) is 2.46. The van der Waals surface area contributed by atoms with E-state index in [2.05, 4.69) is 63.8 Å². The summed E-state index contributed by atoms with van der Waals surface area (Å²) in [4.78, 5) is 8.98. The maximum absolute atomic E-state index is 15.0. The van der Waals surface area contributed by atoms with Crippen LogP contribution < -0.4 is 5.32 Å². The zero-order chi connectivity index (χ0) is 29.5. The van der Waals surface area contributed by atoms with Gasteiger partial charge >= 0.3 is 0 Å².